The van der Waals surface area contributed by atoms with Crippen LogP contribution in [0.5, 0.6) is 0 Å². The van der Waals surface area contributed by atoms with Crippen molar-refractivity contribution >= 4 is 12.2 Å². The Hall–Kier alpha value is 0.0303. The van der Waals surface area contributed by atoms with Gasteiger partial charge in [0.25, 0.3) is 0 Å². The maximum Gasteiger partial charge on any atom is 1.00 e. The molecule has 1 rings (SSSR count). The van der Waals surface area contributed by atoms with Crippen molar-refractivity contribution in [3.8, 4) is 0 Å². The second-order valence-electron chi connectivity index (χ2n) is 0.742. The van der Waals surface area contributed by atoms with Crippen LogP contribution in [-0.4, -0.2) is 20.6 Å². The van der Waals surface area contributed by atoms with Gasteiger partial charge in [-0.3, -0.25) is 5.10 Å². The van der Waals surface area contributed by atoms with Gasteiger partial charge in [-0.25, -0.2) is 0 Å². The van der Waals surface area contributed by atoms with E-state index in [0.717, 1.165) is 0 Å². The zero-order chi connectivity index (χ0) is 4.41. The second-order valence-corrected chi connectivity index (χ2v) is 1.13. The molecule has 0 aliphatic carbocycles. The summed E-state index contributed by atoms with van der Waals surface area (Å²) in [7, 11) is 0. The van der Waals surface area contributed by atoms with Crippen molar-refractivity contribution in [1.29, 1.82) is 0 Å². The molecular weight excluding hydrogens is 208 g/mol. The Labute approximate surface area is 60.2 Å². The zero-order valence-electron chi connectivity index (χ0n) is 3.10. The fraction of sp³-hybridized carbons (Fsp3) is 0. The molecule has 0 bridgehead atoms. The van der Waals surface area contributed by atoms with Crippen molar-refractivity contribution in [3.05, 3.63) is 4.77 Å². The minimum absolute atomic E-state index is 0. The van der Waals surface area contributed by atoms with Crippen molar-refractivity contribution in [2.24, 2.45) is 0 Å². The van der Waals surface area contributed by atoms with Gasteiger partial charge in [0.15, 0.2) is 0 Å². The molecule has 0 radical (unpaired) electrons. The van der Waals surface area contributed by atoms with Crippen LogP contribution >= 0.6 is 12.2 Å². The molecule has 0 fully saturated rings. The molecule has 0 atom stereocenters. The third-order valence-electron chi connectivity index (χ3n) is 0.354. The molecule has 0 unspecified atom stereocenters. The van der Waals surface area contributed by atoms with Crippen molar-refractivity contribution < 1.29 is 22.4 Å². The first-order valence-corrected chi connectivity index (χ1v) is 1.76. The van der Waals surface area contributed by atoms with E-state index in [4.69, 9.17) is 0 Å². The summed E-state index contributed by atoms with van der Waals surface area (Å²) in [5, 5.41) is 11.5. The zero-order valence-corrected chi connectivity index (χ0v) is 5.40. The molecular formula is CH2AgN4S+. The van der Waals surface area contributed by atoms with Gasteiger partial charge in [0, 0.05) is 0 Å². The van der Waals surface area contributed by atoms with E-state index in [1.54, 1.807) is 0 Å². The van der Waals surface area contributed by atoms with Crippen molar-refractivity contribution in [2.75, 3.05) is 0 Å². The summed E-state index contributed by atoms with van der Waals surface area (Å²) in [5.41, 5.74) is 0. The first kappa shape index (κ1) is 7.03. The number of aromatic amines is 2. The summed E-state index contributed by atoms with van der Waals surface area (Å²) < 4.78 is 0.384. The molecule has 0 saturated carbocycles. The van der Waals surface area contributed by atoms with Gasteiger partial charge in [0.1, 0.15) is 0 Å². The number of nitrogens with zero attached hydrogens (tertiary/aromatic N) is 2. The number of H-pyrrole nitrogens is 2. The molecule has 1 aromatic rings. The number of nitrogens with one attached hydrogen (secondary N) is 2. The van der Waals surface area contributed by atoms with Crippen LogP contribution in [0.3, 0.4) is 0 Å². The molecule has 0 saturated heterocycles. The monoisotopic (exact) mass is 209 g/mol. The maximum absolute atomic E-state index is 4.48. The van der Waals surface area contributed by atoms with Crippen molar-refractivity contribution in [2.45, 2.75) is 0 Å². The van der Waals surface area contributed by atoms with Crippen LogP contribution < -0.4 is 0 Å². The Bertz CT molecular complexity index is 149. The molecule has 1 heterocycles. The Kier molecular flexibility index (Phi) is 3.10. The Balaban J connectivity index is 0.000000360. The summed E-state index contributed by atoms with van der Waals surface area (Å²) in [5.74, 6) is 0. The fourth-order valence-corrected chi connectivity index (χ4v) is 0.255. The van der Waals surface area contributed by atoms with Gasteiger partial charge in [-0.05, 0) is 12.2 Å². The standard InChI is InChI=1S/CH2N4S.Ag/c6-1-2-4-5-3-1;/h(H2,2,3,4,5,6);/q;+1. The van der Waals surface area contributed by atoms with Gasteiger partial charge in [0.05, 0.1) is 0 Å². The van der Waals surface area contributed by atoms with E-state index in [9.17, 15) is 0 Å². The van der Waals surface area contributed by atoms with E-state index in [2.05, 4.69) is 32.8 Å². The van der Waals surface area contributed by atoms with Gasteiger partial charge >= 0.3 is 22.4 Å². The SMILES string of the molecule is S=c1nn[nH][nH]1.[Ag+]. The van der Waals surface area contributed by atoms with E-state index in [0.29, 0.717) is 4.77 Å². The van der Waals surface area contributed by atoms with Gasteiger partial charge in [-0.2, -0.15) is 5.21 Å². The van der Waals surface area contributed by atoms with Gasteiger partial charge in [-0.15, -0.1) is 0 Å². The van der Waals surface area contributed by atoms with Crippen LogP contribution in [0.2, 0.25) is 0 Å². The number of aromatic nitrogens is 4. The minimum Gasteiger partial charge on any atom is -0.256 e. The molecule has 0 aliphatic rings. The first-order valence-electron chi connectivity index (χ1n) is 1.35. The van der Waals surface area contributed by atoms with Crippen LogP contribution in [0.15, 0.2) is 0 Å². The van der Waals surface area contributed by atoms with Crippen LogP contribution in [0.25, 0.3) is 0 Å². The van der Waals surface area contributed by atoms with Crippen LogP contribution in [0.1, 0.15) is 0 Å². The average molecular weight is 210 g/mol. The normalized spacial score (nSPS) is 7.43. The summed E-state index contributed by atoms with van der Waals surface area (Å²) in [6.07, 6.45) is 0. The Morgan fingerprint density at radius 3 is 2.43 bits per heavy atom. The fourth-order valence-electron chi connectivity index (χ4n) is 0.168. The summed E-state index contributed by atoms with van der Waals surface area (Å²) >= 11 is 4.48. The maximum atomic E-state index is 4.48. The minimum atomic E-state index is 0. The molecule has 6 heteroatoms. The molecule has 1 aromatic heterocycles. The Morgan fingerprint density at radius 2 is 2.29 bits per heavy atom. The smallest absolute Gasteiger partial charge is 0.256 e. The number of rotatable bonds is 0. The largest absolute Gasteiger partial charge is 1.00 e. The molecule has 7 heavy (non-hydrogen) atoms. The summed E-state index contributed by atoms with van der Waals surface area (Å²) in [6, 6.07) is 0. The predicted molar refractivity (Wildman–Crippen MR) is 21.6 cm³/mol. The van der Waals surface area contributed by atoms with E-state index in [-0.39, 0.29) is 22.4 Å². The number of hydrogen-bond acceptors (Lipinski definition) is 3. The van der Waals surface area contributed by atoms with Crippen LogP contribution in [-0.2, 0) is 22.4 Å². The molecule has 0 spiro atoms. The molecule has 2 N–H and O–H groups in total. The van der Waals surface area contributed by atoms with Gasteiger partial charge in [-0.1, -0.05) is 10.3 Å². The van der Waals surface area contributed by atoms with E-state index in [1.807, 2.05) is 0 Å². The molecule has 42 valence electrons. The third kappa shape index (κ3) is 1.98. The Morgan fingerprint density at radius 1 is 1.57 bits per heavy atom. The van der Waals surface area contributed by atoms with Crippen molar-refractivity contribution in [1.82, 2.24) is 20.6 Å². The van der Waals surface area contributed by atoms with E-state index < -0.39 is 0 Å². The topological polar surface area (TPSA) is 57.4 Å². The van der Waals surface area contributed by atoms with E-state index >= 15 is 0 Å². The van der Waals surface area contributed by atoms with Crippen molar-refractivity contribution in [3.63, 3.8) is 0 Å². The third-order valence-corrected chi connectivity index (χ3v) is 0.537. The molecule has 4 nitrogen and oxygen atoms in total. The first-order chi connectivity index (χ1) is 2.89. The molecule has 0 aromatic carbocycles. The quantitative estimate of drug-likeness (QED) is 0.462. The second kappa shape index (κ2) is 3.09. The number of hydrogen-bond donors (Lipinski definition) is 2. The van der Waals surface area contributed by atoms with Gasteiger partial charge in [0.2, 0.25) is 4.77 Å². The summed E-state index contributed by atoms with van der Waals surface area (Å²) in [6.45, 7) is 0. The predicted octanol–water partition coefficient (Wildman–Crippen LogP) is -0.140. The summed E-state index contributed by atoms with van der Waals surface area (Å²) in [4.78, 5) is 0. The average Bonchev–Trinajstić information content (AvgIpc) is 1.86. The van der Waals surface area contributed by atoms with E-state index in [1.165, 1.54) is 0 Å². The van der Waals surface area contributed by atoms with Crippen LogP contribution in [0, 0.1) is 4.77 Å². The number of tetrazole rings is 1. The van der Waals surface area contributed by atoms with Gasteiger partial charge < -0.3 is 0 Å². The molecule has 0 aliphatic heterocycles. The molecule has 0 amide bonds. The van der Waals surface area contributed by atoms with Crippen LogP contribution in [0.4, 0.5) is 0 Å².